The second-order valence-corrected chi connectivity index (χ2v) is 6.48. The fraction of sp³-hybridized carbons (Fsp3) is 0.833. The average molecular weight is 310 g/mol. The third kappa shape index (κ3) is 6.93. The zero-order valence-electron chi connectivity index (χ0n) is 13.7. The number of allylic oxidation sites excluding steroid dienone is 1. The second-order valence-electron chi connectivity index (χ2n) is 6.48. The Morgan fingerprint density at radius 3 is 2.36 bits per heavy atom. The van der Waals surface area contributed by atoms with Crippen LogP contribution in [0.4, 0.5) is 0 Å². The molecule has 2 aliphatic rings. The van der Waals surface area contributed by atoms with Gasteiger partial charge in [0.2, 0.25) is 0 Å². The number of hydrogen-bond donors (Lipinski definition) is 1. The highest BCUT2D eigenvalue weighted by Gasteiger charge is 2.46. The first-order valence-corrected chi connectivity index (χ1v) is 8.88. The van der Waals surface area contributed by atoms with Crippen LogP contribution in [-0.2, 0) is 14.3 Å². The van der Waals surface area contributed by atoms with Crippen LogP contribution < -0.4 is 0 Å². The maximum atomic E-state index is 10.4. The third-order valence-electron chi connectivity index (χ3n) is 4.54. The zero-order chi connectivity index (χ0) is 15.8. The lowest BCUT2D eigenvalue weighted by Gasteiger charge is -1.98. The average Bonchev–Trinajstić information content (AvgIpc) is 3.39. The molecule has 0 amide bonds. The smallest absolute Gasteiger partial charge is 0.303 e. The molecule has 0 aromatic heterocycles. The van der Waals surface area contributed by atoms with Crippen molar-refractivity contribution in [1.29, 1.82) is 0 Å². The van der Waals surface area contributed by atoms with Crippen LogP contribution in [0.3, 0.4) is 0 Å². The van der Waals surface area contributed by atoms with Crippen molar-refractivity contribution in [2.75, 3.05) is 0 Å². The lowest BCUT2D eigenvalue weighted by atomic mass is 10.1. The van der Waals surface area contributed by atoms with Gasteiger partial charge in [0.25, 0.3) is 0 Å². The minimum Gasteiger partial charge on any atom is -0.481 e. The quantitative estimate of drug-likeness (QED) is 0.316. The molecule has 4 heteroatoms. The van der Waals surface area contributed by atoms with Gasteiger partial charge in [0.15, 0.2) is 0 Å². The number of hydrogen-bond acceptors (Lipinski definition) is 3. The van der Waals surface area contributed by atoms with E-state index in [1.165, 1.54) is 12.8 Å². The van der Waals surface area contributed by atoms with Gasteiger partial charge in [0.05, 0.1) is 24.4 Å². The number of ether oxygens (including phenoxy) is 2. The molecule has 126 valence electrons. The zero-order valence-corrected chi connectivity index (χ0v) is 13.7. The SMILES string of the molecule is CCC1OC1CC1OC1CC=CCCCCCCCC(=O)O. The number of rotatable bonds is 13. The van der Waals surface area contributed by atoms with Crippen molar-refractivity contribution in [1.82, 2.24) is 0 Å². The predicted molar refractivity (Wildman–Crippen MR) is 85.9 cm³/mol. The summed E-state index contributed by atoms with van der Waals surface area (Å²) in [6.45, 7) is 2.17. The fourth-order valence-electron chi connectivity index (χ4n) is 2.99. The van der Waals surface area contributed by atoms with Crippen molar-refractivity contribution in [3.05, 3.63) is 12.2 Å². The second kappa shape index (κ2) is 9.31. The molecule has 0 radical (unpaired) electrons. The molecule has 2 saturated heterocycles. The Labute approximate surface area is 133 Å². The molecular formula is C18H30O4. The Kier molecular flexibility index (Phi) is 7.40. The molecule has 22 heavy (non-hydrogen) atoms. The summed E-state index contributed by atoms with van der Waals surface area (Å²) in [5.41, 5.74) is 0. The van der Waals surface area contributed by atoms with E-state index in [2.05, 4.69) is 19.1 Å². The Morgan fingerprint density at radius 1 is 0.955 bits per heavy atom. The summed E-state index contributed by atoms with van der Waals surface area (Å²) in [6.07, 6.45) is 16.4. The largest absolute Gasteiger partial charge is 0.481 e. The fourth-order valence-corrected chi connectivity index (χ4v) is 2.99. The Morgan fingerprint density at radius 2 is 1.64 bits per heavy atom. The Balaban J connectivity index is 1.35. The number of aliphatic carboxylic acids is 1. The van der Waals surface area contributed by atoms with Gasteiger partial charge in [-0.25, -0.2) is 0 Å². The number of unbranched alkanes of at least 4 members (excludes halogenated alkanes) is 5. The van der Waals surface area contributed by atoms with Gasteiger partial charge in [-0.2, -0.15) is 0 Å². The van der Waals surface area contributed by atoms with Crippen molar-refractivity contribution in [3.8, 4) is 0 Å². The summed E-state index contributed by atoms with van der Waals surface area (Å²) in [6, 6.07) is 0. The summed E-state index contributed by atoms with van der Waals surface area (Å²) in [5.74, 6) is -0.679. The molecule has 2 rings (SSSR count). The monoisotopic (exact) mass is 310 g/mol. The number of carboxylic acid groups (broad SMARTS) is 1. The molecule has 2 fully saturated rings. The standard InChI is InChI=1S/C18H30O4/c1-2-14-16(21-14)13-17-15(22-17)11-9-7-5-3-4-6-8-10-12-18(19)20/h7,9,14-17H,2-6,8,10-13H2,1H3,(H,19,20). The van der Waals surface area contributed by atoms with Crippen molar-refractivity contribution >= 4 is 5.97 Å². The molecule has 0 saturated carbocycles. The van der Waals surface area contributed by atoms with Crippen LogP contribution in [0.5, 0.6) is 0 Å². The van der Waals surface area contributed by atoms with E-state index in [-0.39, 0.29) is 0 Å². The molecular weight excluding hydrogens is 280 g/mol. The summed E-state index contributed by atoms with van der Waals surface area (Å²) in [5, 5.41) is 8.53. The maximum Gasteiger partial charge on any atom is 0.303 e. The highest BCUT2D eigenvalue weighted by Crippen LogP contribution is 2.37. The lowest BCUT2D eigenvalue weighted by molar-refractivity contribution is -0.137. The summed E-state index contributed by atoms with van der Waals surface area (Å²) >= 11 is 0. The van der Waals surface area contributed by atoms with E-state index >= 15 is 0 Å². The van der Waals surface area contributed by atoms with Crippen LogP contribution in [0, 0.1) is 0 Å². The van der Waals surface area contributed by atoms with Gasteiger partial charge >= 0.3 is 5.97 Å². The van der Waals surface area contributed by atoms with Gasteiger partial charge in [0, 0.05) is 12.8 Å². The predicted octanol–water partition coefficient (Wildman–Crippen LogP) is 4.08. The van der Waals surface area contributed by atoms with Crippen LogP contribution in [0.25, 0.3) is 0 Å². The first kappa shape index (κ1) is 17.5. The first-order valence-electron chi connectivity index (χ1n) is 8.88. The normalized spacial score (nSPS) is 29.9. The van der Waals surface area contributed by atoms with E-state index in [4.69, 9.17) is 14.6 Å². The van der Waals surface area contributed by atoms with Crippen molar-refractivity contribution in [2.45, 2.75) is 95.5 Å². The van der Waals surface area contributed by atoms with E-state index in [0.717, 1.165) is 44.9 Å². The molecule has 1 N–H and O–H groups in total. The molecule has 2 aliphatic heterocycles. The topological polar surface area (TPSA) is 62.4 Å². The lowest BCUT2D eigenvalue weighted by Crippen LogP contribution is -2.00. The van der Waals surface area contributed by atoms with E-state index in [9.17, 15) is 4.79 Å². The van der Waals surface area contributed by atoms with Gasteiger partial charge in [-0.1, -0.05) is 38.3 Å². The molecule has 4 nitrogen and oxygen atoms in total. The molecule has 0 aliphatic carbocycles. The van der Waals surface area contributed by atoms with Crippen molar-refractivity contribution in [2.24, 2.45) is 0 Å². The number of epoxide rings is 2. The third-order valence-corrected chi connectivity index (χ3v) is 4.54. The van der Waals surface area contributed by atoms with Gasteiger partial charge in [-0.3, -0.25) is 4.79 Å². The Hall–Kier alpha value is -0.870. The highest BCUT2D eigenvalue weighted by atomic mass is 16.6. The summed E-state index contributed by atoms with van der Waals surface area (Å²) in [4.78, 5) is 10.4. The minimum absolute atomic E-state index is 0.313. The highest BCUT2D eigenvalue weighted by molar-refractivity contribution is 5.66. The molecule has 0 aromatic rings. The molecule has 0 bridgehead atoms. The Bertz CT molecular complexity index is 366. The maximum absolute atomic E-state index is 10.4. The van der Waals surface area contributed by atoms with Crippen LogP contribution in [-0.4, -0.2) is 35.5 Å². The molecule has 4 atom stereocenters. The summed E-state index contributed by atoms with van der Waals surface area (Å²) in [7, 11) is 0. The first-order chi connectivity index (χ1) is 10.7. The number of carbonyl (C=O) groups is 1. The summed E-state index contributed by atoms with van der Waals surface area (Å²) < 4.78 is 11.2. The van der Waals surface area contributed by atoms with Crippen LogP contribution in [0.1, 0.15) is 71.1 Å². The minimum atomic E-state index is -0.679. The molecule has 0 aromatic carbocycles. The van der Waals surface area contributed by atoms with Crippen LogP contribution >= 0.6 is 0 Å². The van der Waals surface area contributed by atoms with Crippen LogP contribution in [0.15, 0.2) is 12.2 Å². The van der Waals surface area contributed by atoms with E-state index < -0.39 is 5.97 Å². The molecule has 2 heterocycles. The molecule has 0 spiro atoms. The van der Waals surface area contributed by atoms with Crippen molar-refractivity contribution in [3.63, 3.8) is 0 Å². The van der Waals surface area contributed by atoms with E-state index in [1.807, 2.05) is 0 Å². The van der Waals surface area contributed by atoms with Crippen LogP contribution in [0.2, 0.25) is 0 Å². The van der Waals surface area contributed by atoms with Gasteiger partial charge < -0.3 is 14.6 Å². The van der Waals surface area contributed by atoms with Crippen molar-refractivity contribution < 1.29 is 19.4 Å². The molecule has 4 unspecified atom stereocenters. The number of carboxylic acids is 1. The van der Waals surface area contributed by atoms with Gasteiger partial charge in [-0.15, -0.1) is 0 Å². The van der Waals surface area contributed by atoms with E-state index in [0.29, 0.717) is 30.8 Å². The van der Waals surface area contributed by atoms with E-state index in [1.54, 1.807) is 0 Å². The van der Waals surface area contributed by atoms with Gasteiger partial charge in [0.1, 0.15) is 0 Å². The van der Waals surface area contributed by atoms with Gasteiger partial charge in [-0.05, 0) is 32.1 Å².